The number of nitrogens with two attached hydrogens (primary N) is 1. The number of halogens is 1. The van der Waals surface area contributed by atoms with Crippen LogP contribution in [0.4, 0.5) is 5.82 Å². The van der Waals surface area contributed by atoms with Crippen LogP contribution in [0.1, 0.15) is 5.56 Å². The van der Waals surface area contributed by atoms with E-state index in [0.29, 0.717) is 5.82 Å². The Morgan fingerprint density at radius 1 is 1.26 bits per heavy atom. The number of fused-ring (bicyclic) bond motifs is 1. The predicted molar refractivity (Wildman–Crippen MR) is 78.4 cm³/mol. The molecule has 0 saturated carbocycles. The second-order valence-corrected chi connectivity index (χ2v) is 5.44. The predicted octanol–water partition coefficient (Wildman–Crippen LogP) is 3.26. The third-order valence-electron chi connectivity index (χ3n) is 2.65. The van der Waals surface area contributed by atoms with Crippen LogP contribution < -0.4 is 5.73 Å². The summed E-state index contributed by atoms with van der Waals surface area (Å²) < 4.78 is 1.88. The molecule has 0 saturated heterocycles. The van der Waals surface area contributed by atoms with E-state index < -0.39 is 0 Å². The fraction of sp³-hybridized carbons (Fsp3) is 0.0769. The first-order valence-corrected chi connectivity index (χ1v) is 7.05. The van der Waals surface area contributed by atoms with E-state index in [-0.39, 0.29) is 0 Å². The van der Waals surface area contributed by atoms with Gasteiger partial charge in [-0.3, -0.25) is 0 Å². The number of thioether (sulfide) groups is 1. The van der Waals surface area contributed by atoms with E-state index in [4.69, 9.17) is 17.3 Å². The molecule has 2 N–H and O–H groups in total. The molecule has 0 aliphatic heterocycles. The SMILES string of the molecule is Nc1cn2ccnc2c(SCc2ccc(Cl)cc2)n1. The average molecular weight is 291 g/mol. The number of imidazole rings is 1. The van der Waals surface area contributed by atoms with Gasteiger partial charge in [0.25, 0.3) is 0 Å². The maximum atomic E-state index is 5.86. The first-order chi connectivity index (χ1) is 9.22. The van der Waals surface area contributed by atoms with Gasteiger partial charge in [-0.05, 0) is 17.7 Å². The molecule has 6 heteroatoms. The zero-order valence-corrected chi connectivity index (χ0v) is 11.5. The molecule has 0 aliphatic rings. The van der Waals surface area contributed by atoms with Gasteiger partial charge in [-0.25, -0.2) is 9.97 Å². The highest BCUT2D eigenvalue weighted by Crippen LogP contribution is 2.25. The number of anilines is 1. The second-order valence-electron chi connectivity index (χ2n) is 4.04. The summed E-state index contributed by atoms with van der Waals surface area (Å²) in [4.78, 5) is 8.63. The first-order valence-electron chi connectivity index (χ1n) is 5.69. The topological polar surface area (TPSA) is 56.2 Å². The van der Waals surface area contributed by atoms with Crippen LogP contribution in [0, 0.1) is 0 Å². The molecule has 0 aliphatic carbocycles. The van der Waals surface area contributed by atoms with Crippen molar-refractivity contribution in [3.63, 3.8) is 0 Å². The van der Waals surface area contributed by atoms with Crippen molar-refractivity contribution in [1.82, 2.24) is 14.4 Å². The molecule has 3 rings (SSSR count). The van der Waals surface area contributed by atoms with E-state index in [0.717, 1.165) is 21.4 Å². The molecule has 0 radical (unpaired) electrons. The summed E-state index contributed by atoms with van der Waals surface area (Å²) in [7, 11) is 0. The molecule has 0 atom stereocenters. The molecule has 2 heterocycles. The van der Waals surface area contributed by atoms with Gasteiger partial charge in [-0.2, -0.15) is 0 Å². The molecule has 1 aromatic carbocycles. The number of aromatic nitrogens is 3. The van der Waals surface area contributed by atoms with Crippen LogP contribution in [0.5, 0.6) is 0 Å². The monoisotopic (exact) mass is 290 g/mol. The zero-order chi connectivity index (χ0) is 13.2. The Labute approximate surface area is 119 Å². The lowest BCUT2D eigenvalue weighted by atomic mass is 10.2. The van der Waals surface area contributed by atoms with Crippen molar-refractivity contribution in [3.8, 4) is 0 Å². The standard InChI is InChI=1S/C13H11ClN4S/c14-10-3-1-9(2-4-10)8-19-13-12-16-5-6-18(12)7-11(15)17-13/h1-7H,8,15H2. The van der Waals surface area contributed by atoms with Gasteiger partial charge in [-0.15, -0.1) is 0 Å². The molecule has 0 spiro atoms. The quantitative estimate of drug-likeness (QED) is 0.752. The minimum Gasteiger partial charge on any atom is -0.382 e. The van der Waals surface area contributed by atoms with Crippen LogP contribution >= 0.6 is 23.4 Å². The smallest absolute Gasteiger partial charge is 0.169 e. The molecule has 4 nitrogen and oxygen atoms in total. The molecule has 2 aromatic heterocycles. The summed E-state index contributed by atoms with van der Waals surface area (Å²) in [6, 6.07) is 7.78. The number of rotatable bonds is 3. The molecule has 0 amide bonds. The summed E-state index contributed by atoms with van der Waals surface area (Å²) >= 11 is 7.47. The minimum atomic E-state index is 0.490. The Morgan fingerprint density at radius 3 is 2.84 bits per heavy atom. The van der Waals surface area contributed by atoms with Crippen molar-refractivity contribution in [3.05, 3.63) is 53.4 Å². The fourth-order valence-corrected chi connectivity index (χ4v) is 2.83. The number of benzene rings is 1. The molecule has 0 unspecified atom stereocenters. The number of nitrogen functional groups attached to an aromatic ring is 1. The zero-order valence-electron chi connectivity index (χ0n) is 9.95. The summed E-state index contributed by atoms with van der Waals surface area (Å²) in [5.41, 5.74) is 7.79. The number of hydrogen-bond donors (Lipinski definition) is 1. The Bertz CT molecular complexity index is 708. The van der Waals surface area contributed by atoms with E-state index >= 15 is 0 Å². The molecule has 19 heavy (non-hydrogen) atoms. The van der Waals surface area contributed by atoms with E-state index in [2.05, 4.69) is 9.97 Å². The van der Waals surface area contributed by atoms with Gasteiger partial charge in [0.1, 0.15) is 10.8 Å². The molecule has 96 valence electrons. The van der Waals surface area contributed by atoms with Gasteiger partial charge < -0.3 is 10.1 Å². The van der Waals surface area contributed by atoms with Gasteiger partial charge in [0.05, 0.1) is 6.20 Å². The van der Waals surface area contributed by atoms with Gasteiger partial charge in [0.2, 0.25) is 0 Å². The van der Waals surface area contributed by atoms with Crippen molar-refractivity contribution >= 4 is 34.8 Å². The summed E-state index contributed by atoms with van der Waals surface area (Å²) in [6.07, 6.45) is 5.36. The third-order valence-corrected chi connectivity index (χ3v) is 3.93. The van der Waals surface area contributed by atoms with Gasteiger partial charge in [0, 0.05) is 23.2 Å². The highest BCUT2D eigenvalue weighted by Gasteiger charge is 2.07. The third kappa shape index (κ3) is 2.67. The lowest BCUT2D eigenvalue weighted by Crippen LogP contribution is -1.97. The van der Waals surface area contributed by atoms with Crippen molar-refractivity contribution in [2.45, 2.75) is 10.8 Å². The van der Waals surface area contributed by atoms with Crippen LogP contribution in [-0.4, -0.2) is 14.4 Å². The van der Waals surface area contributed by atoms with Crippen LogP contribution in [0.25, 0.3) is 5.65 Å². The van der Waals surface area contributed by atoms with Crippen LogP contribution in [0.2, 0.25) is 5.02 Å². The molecule has 3 aromatic rings. The maximum absolute atomic E-state index is 5.86. The maximum Gasteiger partial charge on any atom is 0.169 e. The van der Waals surface area contributed by atoms with Crippen molar-refractivity contribution in [2.75, 3.05) is 5.73 Å². The summed E-state index contributed by atoms with van der Waals surface area (Å²) in [6.45, 7) is 0. The van der Waals surface area contributed by atoms with E-state index in [1.54, 1.807) is 24.2 Å². The normalized spacial score (nSPS) is 11.0. The van der Waals surface area contributed by atoms with Crippen LogP contribution in [0.15, 0.2) is 47.9 Å². The number of nitrogens with zero attached hydrogens (tertiary/aromatic N) is 3. The summed E-state index contributed by atoms with van der Waals surface area (Å²) in [5, 5.41) is 1.58. The molecule has 0 bridgehead atoms. The van der Waals surface area contributed by atoms with Crippen molar-refractivity contribution in [2.24, 2.45) is 0 Å². The Morgan fingerprint density at radius 2 is 2.05 bits per heavy atom. The van der Waals surface area contributed by atoms with Gasteiger partial charge in [-0.1, -0.05) is 35.5 Å². The molecular weight excluding hydrogens is 280 g/mol. The lowest BCUT2D eigenvalue weighted by molar-refractivity contribution is 1.04. The average Bonchev–Trinajstić information content (AvgIpc) is 2.85. The van der Waals surface area contributed by atoms with Gasteiger partial charge in [0.15, 0.2) is 5.65 Å². The molecule has 0 fully saturated rings. The van der Waals surface area contributed by atoms with E-state index in [1.165, 1.54) is 5.56 Å². The lowest BCUT2D eigenvalue weighted by Gasteiger charge is -2.05. The van der Waals surface area contributed by atoms with Crippen molar-refractivity contribution < 1.29 is 0 Å². The number of hydrogen-bond acceptors (Lipinski definition) is 4. The molecular formula is C13H11ClN4S. The fourth-order valence-electron chi connectivity index (χ4n) is 1.75. The van der Waals surface area contributed by atoms with E-state index in [9.17, 15) is 0 Å². The Hall–Kier alpha value is -1.72. The Balaban J connectivity index is 1.85. The minimum absolute atomic E-state index is 0.490. The van der Waals surface area contributed by atoms with Crippen molar-refractivity contribution in [1.29, 1.82) is 0 Å². The van der Waals surface area contributed by atoms with Gasteiger partial charge >= 0.3 is 0 Å². The largest absolute Gasteiger partial charge is 0.382 e. The summed E-state index contributed by atoms with van der Waals surface area (Å²) in [5.74, 6) is 1.29. The van der Waals surface area contributed by atoms with Crippen LogP contribution in [-0.2, 0) is 5.75 Å². The Kier molecular flexibility index (Phi) is 3.31. The second kappa shape index (κ2) is 5.11. The highest BCUT2D eigenvalue weighted by atomic mass is 35.5. The highest BCUT2D eigenvalue weighted by molar-refractivity contribution is 7.98. The van der Waals surface area contributed by atoms with Crippen LogP contribution in [0.3, 0.4) is 0 Å². The van der Waals surface area contributed by atoms with E-state index in [1.807, 2.05) is 34.9 Å². The first kappa shape index (κ1) is 12.3.